The predicted molar refractivity (Wildman–Crippen MR) is 87.9 cm³/mol. The number of hydrogen-bond donors (Lipinski definition) is 1. The summed E-state index contributed by atoms with van der Waals surface area (Å²) in [5.41, 5.74) is 1.08. The van der Waals surface area contributed by atoms with Gasteiger partial charge in [0.15, 0.2) is 5.13 Å². The zero-order chi connectivity index (χ0) is 16.1. The van der Waals surface area contributed by atoms with Gasteiger partial charge < -0.3 is 15.0 Å². The number of thiazole rings is 1. The standard InChI is InChI=1S/C15H19N5O2S/c1-22-9-13(21)20-7-3-11(4-8-20)12-10-23-15(18-12)19-14-16-5-2-6-17-14/h2,5-6,10-11H,3-4,7-9H2,1H3,(H,16,17,18,19). The number of piperidine rings is 1. The molecule has 1 aliphatic rings. The second-order valence-electron chi connectivity index (χ2n) is 5.36. The highest BCUT2D eigenvalue weighted by molar-refractivity contribution is 7.13. The minimum absolute atomic E-state index is 0.0628. The number of rotatable bonds is 5. The van der Waals surface area contributed by atoms with E-state index in [1.807, 2.05) is 4.90 Å². The van der Waals surface area contributed by atoms with Crippen molar-refractivity contribution < 1.29 is 9.53 Å². The van der Waals surface area contributed by atoms with E-state index < -0.39 is 0 Å². The summed E-state index contributed by atoms with van der Waals surface area (Å²) >= 11 is 1.55. The number of anilines is 2. The summed E-state index contributed by atoms with van der Waals surface area (Å²) in [6.45, 7) is 1.68. The molecule has 1 fully saturated rings. The minimum Gasteiger partial charge on any atom is -0.375 e. The SMILES string of the molecule is COCC(=O)N1CCC(c2csc(Nc3ncccn3)n2)CC1. The van der Waals surface area contributed by atoms with Gasteiger partial charge in [-0.05, 0) is 18.9 Å². The van der Waals surface area contributed by atoms with E-state index in [-0.39, 0.29) is 12.5 Å². The Bertz CT molecular complexity index is 640. The summed E-state index contributed by atoms with van der Waals surface area (Å²) < 4.78 is 4.91. The van der Waals surface area contributed by atoms with Crippen molar-refractivity contribution in [2.75, 3.05) is 32.1 Å². The molecule has 3 rings (SSSR count). The van der Waals surface area contributed by atoms with E-state index in [9.17, 15) is 4.79 Å². The molecule has 1 amide bonds. The van der Waals surface area contributed by atoms with Crippen molar-refractivity contribution in [2.24, 2.45) is 0 Å². The van der Waals surface area contributed by atoms with Gasteiger partial charge in [-0.25, -0.2) is 15.0 Å². The van der Waals surface area contributed by atoms with Crippen molar-refractivity contribution in [3.63, 3.8) is 0 Å². The van der Waals surface area contributed by atoms with Gasteiger partial charge in [-0.15, -0.1) is 11.3 Å². The van der Waals surface area contributed by atoms with Crippen LogP contribution in [-0.4, -0.2) is 52.6 Å². The topological polar surface area (TPSA) is 80.2 Å². The Hall–Kier alpha value is -2.06. The van der Waals surface area contributed by atoms with Gasteiger partial charge >= 0.3 is 0 Å². The van der Waals surface area contributed by atoms with E-state index in [0.29, 0.717) is 11.9 Å². The molecule has 2 aromatic heterocycles. The van der Waals surface area contributed by atoms with Crippen molar-refractivity contribution in [2.45, 2.75) is 18.8 Å². The van der Waals surface area contributed by atoms with Crippen molar-refractivity contribution in [1.82, 2.24) is 19.9 Å². The largest absolute Gasteiger partial charge is 0.375 e. The molecule has 1 N–H and O–H groups in total. The Morgan fingerprint density at radius 2 is 2.13 bits per heavy atom. The number of amides is 1. The number of hydrogen-bond acceptors (Lipinski definition) is 7. The van der Waals surface area contributed by atoms with Crippen LogP contribution in [0.5, 0.6) is 0 Å². The number of methoxy groups -OCH3 is 1. The summed E-state index contributed by atoms with van der Waals surface area (Å²) in [5, 5.41) is 5.98. The minimum atomic E-state index is 0.0628. The zero-order valence-corrected chi connectivity index (χ0v) is 13.8. The fraction of sp³-hybridized carbons (Fsp3) is 0.467. The molecule has 0 atom stereocenters. The molecule has 2 aromatic rings. The Morgan fingerprint density at radius 1 is 1.39 bits per heavy atom. The third-order valence-electron chi connectivity index (χ3n) is 3.84. The zero-order valence-electron chi connectivity index (χ0n) is 12.9. The van der Waals surface area contributed by atoms with Gasteiger partial charge in [-0.1, -0.05) is 0 Å². The molecule has 0 bridgehead atoms. The van der Waals surface area contributed by atoms with Crippen LogP contribution in [0.2, 0.25) is 0 Å². The highest BCUT2D eigenvalue weighted by atomic mass is 32.1. The van der Waals surface area contributed by atoms with E-state index in [4.69, 9.17) is 4.74 Å². The van der Waals surface area contributed by atoms with Crippen LogP contribution in [-0.2, 0) is 9.53 Å². The van der Waals surface area contributed by atoms with Gasteiger partial charge in [0.25, 0.3) is 0 Å². The average Bonchev–Trinajstić information content (AvgIpc) is 3.05. The smallest absolute Gasteiger partial charge is 0.248 e. The molecule has 7 nitrogen and oxygen atoms in total. The van der Waals surface area contributed by atoms with Crippen LogP contribution < -0.4 is 5.32 Å². The van der Waals surface area contributed by atoms with Gasteiger partial charge in [0.05, 0.1) is 5.69 Å². The summed E-state index contributed by atoms with van der Waals surface area (Å²) in [4.78, 5) is 26.6. The Balaban J connectivity index is 1.56. The van der Waals surface area contributed by atoms with E-state index in [1.54, 1.807) is 36.9 Å². The van der Waals surface area contributed by atoms with Gasteiger partial charge in [-0.2, -0.15) is 0 Å². The number of carbonyl (C=O) groups excluding carboxylic acids is 1. The van der Waals surface area contributed by atoms with Crippen molar-refractivity contribution in [3.8, 4) is 0 Å². The number of aromatic nitrogens is 3. The second-order valence-corrected chi connectivity index (χ2v) is 6.22. The highest BCUT2D eigenvalue weighted by Gasteiger charge is 2.25. The molecule has 1 aliphatic heterocycles. The van der Waals surface area contributed by atoms with E-state index in [2.05, 4.69) is 25.6 Å². The van der Waals surface area contributed by atoms with Gasteiger partial charge in [0.1, 0.15) is 6.61 Å². The number of ether oxygens (including phenoxy) is 1. The van der Waals surface area contributed by atoms with Crippen molar-refractivity contribution in [1.29, 1.82) is 0 Å². The van der Waals surface area contributed by atoms with Gasteiger partial charge in [0, 0.05) is 43.9 Å². The molecule has 0 radical (unpaired) electrons. The first kappa shape index (κ1) is 15.8. The molecule has 0 aliphatic carbocycles. The number of nitrogens with one attached hydrogen (secondary N) is 1. The maximum Gasteiger partial charge on any atom is 0.248 e. The predicted octanol–water partition coefficient (Wildman–Crippen LogP) is 2.03. The Labute approximate surface area is 138 Å². The van der Waals surface area contributed by atoms with Crippen LogP contribution in [0.15, 0.2) is 23.8 Å². The molecule has 0 saturated carbocycles. The van der Waals surface area contributed by atoms with Gasteiger partial charge in [-0.3, -0.25) is 4.79 Å². The highest BCUT2D eigenvalue weighted by Crippen LogP contribution is 2.31. The molecule has 23 heavy (non-hydrogen) atoms. The van der Waals surface area contributed by atoms with Crippen LogP contribution in [0.1, 0.15) is 24.5 Å². The average molecular weight is 333 g/mol. The lowest BCUT2D eigenvalue weighted by Crippen LogP contribution is -2.39. The third-order valence-corrected chi connectivity index (χ3v) is 4.62. The Morgan fingerprint density at radius 3 is 2.83 bits per heavy atom. The fourth-order valence-corrected chi connectivity index (χ4v) is 3.42. The molecule has 8 heteroatoms. The van der Waals surface area contributed by atoms with Crippen LogP contribution >= 0.6 is 11.3 Å². The maximum atomic E-state index is 11.8. The quantitative estimate of drug-likeness (QED) is 0.902. The van der Waals surface area contributed by atoms with Crippen molar-refractivity contribution in [3.05, 3.63) is 29.5 Å². The summed E-state index contributed by atoms with van der Waals surface area (Å²) in [7, 11) is 1.55. The normalized spacial score (nSPS) is 15.6. The number of nitrogens with zero attached hydrogens (tertiary/aromatic N) is 4. The number of carbonyl (C=O) groups is 1. The lowest BCUT2D eigenvalue weighted by Gasteiger charge is -2.31. The molecule has 1 saturated heterocycles. The molecule has 0 unspecified atom stereocenters. The van der Waals surface area contributed by atoms with E-state index >= 15 is 0 Å². The van der Waals surface area contributed by atoms with Crippen molar-refractivity contribution >= 4 is 28.3 Å². The summed E-state index contributed by atoms with van der Waals surface area (Å²) in [6.07, 6.45) is 5.24. The third kappa shape index (κ3) is 4.02. The second kappa shape index (κ2) is 7.47. The summed E-state index contributed by atoms with van der Waals surface area (Å²) in [5.74, 6) is 1.01. The molecule has 0 aromatic carbocycles. The lowest BCUT2D eigenvalue weighted by atomic mass is 9.94. The number of likely N-dealkylation sites (tertiary alicyclic amines) is 1. The molecule has 0 spiro atoms. The lowest BCUT2D eigenvalue weighted by molar-refractivity contribution is -0.136. The molecular weight excluding hydrogens is 314 g/mol. The van der Waals surface area contributed by atoms with Crippen LogP contribution in [0.25, 0.3) is 0 Å². The first-order valence-corrected chi connectivity index (χ1v) is 8.40. The van der Waals surface area contributed by atoms with Crippen LogP contribution in [0, 0.1) is 0 Å². The van der Waals surface area contributed by atoms with Crippen LogP contribution in [0.3, 0.4) is 0 Å². The first-order valence-electron chi connectivity index (χ1n) is 7.52. The Kier molecular flexibility index (Phi) is 5.14. The first-order chi connectivity index (χ1) is 11.3. The maximum absolute atomic E-state index is 11.8. The van der Waals surface area contributed by atoms with Gasteiger partial charge in [0.2, 0.25) is 11.9 Å². The van der Waals surface area contributed by atoms with E-state index in [1.165, 1.54) is 0 Å². The molecular formula is C15H19N5O2S. The fourth-order valence-electron chi connectivity index (χ4n) is 2.63. The summed E-state index contributed by atoms with van der Waals surface area (Å²) in [6, 6.07) is 1.77. The monoisotopic (exact) mass is 333 g/mol. The van der Waals surface area contributed by atoms with E-state index in [0.717, 1.165) is 36.8 Å². The molecule has 122 valence electrons. The van der Waals surface area contributed by atoms with Crippen LogP contribution in [0.4, 0.5) is 11.1 Å². The molecule has 3 heterocycles.